The number of halogens is 1. The molecular weight excluding hydrogens is 312 g/mol. The van der Waals surface area contributed by atoms with Gasteiger partial charge in [-0.05, 0) is 28.1 Å². The maximum atomic E-state index is 5.96. The van der Waals surface area contributed by atoms with Crippen LogP contribution in [0, 0.1) is 0 Å². The fraction of sp³-hybridized carbons (Fsp3) is 0.417. The molecule has 1 aliphatic rings. The molecule has 1 aliphatic heterocycles. The summed E-state index contributed by atoms with van der Waals surface area (Å²) in [6.45, 7) is 3.55. The molecule has 0 saturated heterocycles. The summed E-state index contributed by atoms with van der Waals surface area (Å²) in [5.74, 6) is 1.13. The molecule has 0 fully saturated rings. The number of fused-ring (bicyclic) bond motifs is 1. The lowest BCUT2D eigenvalue weighted by Gasteiger charge is -2.33. The summed E-state index contributed by atoms with van der Waals surface area (Å²) in [5, 5.41) is 0. The van der Waals surface area contributed by atoms with Crippen LogP contribution in [0.25, 0.3) is 0 Å². The van der Waals surface area contributed by atoms with Crippen molar-refractivity contribution in [2.24, 2.45) is 5.73 Å². The zero-order chi connectivity index (χ0) is 12.5. The van der Waals surface area contributed by atoms with Gasteiger partial charge in [-0.2, -0.15) is 0 Å². The molecule has 4 nitrogen and oxygen atoms in total. The Balaban J connectivity index is 1.82. The lowest BCUT2D eigenvalue weighted by molar-refractivity contribution is 0.158. The van der Waals surface area contributed by atoms with Crippen molar-refractivity contribution in [1.82, 2.24) is 14.5 Å². The Morgan fingerprint density at radius 1 is 1.44 bits per heavy atom. The molecule has 3 rings (SSSR count). The number of nitrogens with zero attached hydrogens (tertiary/aromatic N) is 3. The van der Waals surface area contributed by atoms with Crippen LogP contribution in [0.4, 0.5) is 0 Å². The third-order valence-electron chi connectivity index (χ3n) is 3.36. The highest BCUT2D eigenvalue weighted by atomic mass is 79.9. The quantitative estimate of drug-likeness (QED) is 0.940. The van der Waals surface area contributed by atoms with Crippen molar-refractivity contribution in [1.29, 1.82) is 0 Å². The summed E-state index contributed by atoms with van der Waals surface area (Å²) in [6, 6.07) is 4.55. The van der Waals surface area contributed by atoms with Crippen molar-refractivity contribution in [3.05, 3.63) is 39.0 Å². The van der Waals surface area contributed by atoms with Crippen LogP contribution in [0.2, 0.25) is 0 Å². The number of hydrogen-bond donors (Lipinski definition) is 1. The van der Waals surface area contributed by atoms with Gasteiger partial charge in [0.1, 0.15) is 5.82 Å². The van der Waals surface area contributed by atoms with Gasteiger partial charge >= 0.3 is 0 Å². The molecule has 6 heteroatoms. The lowest BCUT2D eigenvalue weighted by Crippen LogP contribution is -2.39. The smallest absolute Gasteiger partial charge is 0.122 e. The van der Waals surface area contributed by atoms with Gasteiger partial charge in [0.15, 0.2) is 0 Å². The predicted octanol–water partition coefficient (Wildman–Crippen LogP) is 2.22. The zero-order valence-corrected chi connectivity index (χ0v) is 12.3. The SMILES string of the molecule is NCC(c1ccc(Br)s1)N1CCn2ccnc2C1. The molecule has 18 heavy (non-hydrogen) atoms. The molecule has 1 unspecified atom stereocenters. The average Bonchev–Trinajstić information content (AvgIpc) is 2.99. The monoisotopic (exact) mass is 326 g/mol. The largest absolute Gasteiger partial charge is 0.333 e. The molecule has 0 aliphatic carbocycles. The Bertz CT molecular complexity index is 536. The topological polar surface area (TPSA) is 47.1 Å². The van der Waals surface area contributed by atoms with E-state index >= 15 is 0 Å². The fourth-order valence-corrected chi connectivity index (χ4v) is 3.98. The molecule has 3 heterocycles. The second kappa shape index (κ2) is 5.13. The number of rotatable bonds is 3. The Morgan fingerprint density at radius 3 is 3.06 bits per heavy atom. The maximum Gasteiger partial charge on any atom is 0.122 e. The highest BCUT2D eigenvalue weighted by Gasteiger charge is 2.25. The summed E-state index contributed by atoms with van der Waals surface area (Å²) in [7, 11) is 0. The van der Waals surface area contributed by atoms with E-state index in [0.717, 1.165) is 29.2 Å². The first-order chi connectivity index (χ1) is 8.78. The summed E-state index contributed by atoms with van der Waals surface area (Å²) in [5.41, 5.74) is 5.96. The fourth-order valence-electron chi connectivity index (χ4n) is 2.41. The highest BCUT2D eigenvalue weighted by Crippen LogP contribution is 2.31. The van der Waals surface area contributed by atoms with Gasteiger partial charge in [0.05, 0.1) is 16.4 Å². The minimum absolute atomic E-state index is 0.298. The van der Waals surface area contributed by atoms with Crippen LogP contribution in [0.5, 0.6) is 0 Å². The van der Waals surface area contributed by atoms with E-state index in [-0.39, 0.29) is 0 Å². The molecule has 2 aromatic heterocycles. The van der Waals surface area contributed by atoms with E-state index in [1.165, 1.54) is 4.88 Å². The van der Waals surface area contributed by atoms with Crippen molar-refractivity contribution in [2.45, 2.75) is 19.1 Å². The van der Waals surface area contributed by atoms with Crippen LogP contribution in [-0.2, 0) is 13.1 Å². The van der Waals surface area contributed by atoms with E-state index in [1.54, 1.807) is 11.3 Å². The van der Waals surface area contributed by atoms with E-state index in [0.29, 0.717) is 12.6 Å². The van der Waals surface area contributed by atoms with Crippen molar-refractivity contribution in [2.75, 3.05) is 13.1 Å². The summed E-state index contributed by atoms with van der Waals surface area (Å²) in [4.78, 5) is 8.14. The maximum absolute atomic E-state index is 5.96. The minimum Gasteiger partial charge on any atom is -0.333 e. The first kappa shape index (κ1) is 12.3. The Hall–Kier alpha value is -0.690. The molecule has 0 bridgehead atoms. The number of aromatic nitrogens is 2. The van der Waals surface area contributed by atoms with Gasteiger partial charge in [0.25, 0.3) is 0 Å². The number of nitrogens with two attached hydrogens (primary N) is 1. The Morgan fingerprint density at radius 2 is 2.33 bits per heavy atom. The van der Waals surface area contributed by atoms with Gasteiger partial charge in [-0.1, -0.05) is 0 Å². The van der Waals surface area contributed by atoms with E-state index < -0.39 is 0 Å². The van der Waals surface area contributed by atoms with Gasteiger partial charge in [-0.15, -0.1) is 11.3 Å². The van der Waals surface area contributed by atoms with E-state index in [9.17, 15) is 0 Å². The molecule has 2 N–H and O–H groups in total. The molecule has 96 valence electrons. The molecule has 0 aromatic carbocycles. The van der Waals surface area contributed by atoms with Crippen LogP contribution in [-0.4, -0.2) is 27.5 Å². The van der Waals surface area contributed by atoms with E-state index in [1.807, 2.05) is 12.4 Å². The van der Waals surface area contributed by atoms with Gasteiger partial charge in [0.2, 0.25) is 0 Å². The van der Waals surface area contributed by atoms with Crippen LogP contribution in [0.1, 0.15) is 16.7 Å². The average molecular weight is 327 g/mol. The third-order valence-corrected chi connectivity index (χ3v) is 5.09. The summed E-state index contributed by atoms with van der Waals surface area (Å²) < 4.78 is 3.38. The van der Waals surface area contributed by atoms with Gasteiger partial charge in [0, 0.05) is 36.9 Å². The first-order valence-electron chi connectivity index (χ1n) is 5.97. The molecule has 0 spiro atoms. The Kier molecular flexibility index (Phi) is 3.52. The lowest BCUT2D eigenvalue weighted by atomic mass is 10.2. The van der Waals surface area contributed by atoms with Crippen molar-refractivity contribution >= 4 is 27.3 Å². The van der Waals surface area contributed by atoms with Crippen LogP contribution >= 0.6 is 27.3 Å². The van der Waals surface area contributed by atoms with Crippen molar-refractivity contribution in [3.63, 3.8) is 0 Å². The molecule has 0 radical (unpaired) electrons. The normalized spacial score (nSPS) is 17.7. The minimum atomic E-state index is 0.298. The molecule has 0 saturated carbocycles. The highest BCUT2D eigenvalue weighted by molar-refractivity contribution is 9.11. The molecular formula is C12H15BrN4S. The van der Waals surface area contributed by atoms with E-state index in [4.69, 9.17) is 5.73 Å². The predicted molar refractivity (Wildman–Crippen MR) is 76.5 cm³/mol. The summed E-state index contributed by atoms with van der Waals surface area (Å²) >= 11 is 5.28. The van der Waals surface area contributed by atoms with Gasteiger partial charge in [-0.25, -0.2) is 4.98 Å². The molecule has 0 amide bonds. The van der Waals surface area contributed by atoms with E-state index in [2.05, 4.69) is 42.5 Å². The molecule has 1 atom stereocenters. The second-order valence-corrected chi connectivity index (χ2v) is 6.90. The van der Waals surface area contributed by atoms with Crippen LogP contribution in [0.3, 0.4) is 0 Å². The number of thiophene rings is 1. The van der Waals surface area contributed by atoms with Gasteiger partial charge in [-0.3, -0.25) is 4.90 Å². The van der Waals surface area contributed by atoms with Gasteiger partial charge < -0.3 is 10.3 Å². The van der Waals surface area contributed by atoms with Crippen molar-refractivity contribution < 1.29 is 0 Å². The first-order valence-corrected chi connectivity index (χ1v) is 7.58. The van der Waals surface area contributed by atoms with Crippen LogP contribution in [0.15, 0.2) is 28.3 Å². The third kappa shape index (κ3) is 2.25. The zero-order valence-electron chi connectivity index (χ0n) is 9.92. The number of imidazole rings is 1. The standard InChI is InChI=1S/C12H15BrN4S/c13-11-2-1-10(18-11)9(7-14)17-6-5-16-4-3-15-12(16)8-17/h1-4,9H,5-8,14H2. The van der Waals surface area contributed by atoms with Crippen LogP contribution < -0.4 is 5.73 Å². The second-order valence-electron chi connectivity index (χ2n) is 4.40. The Labute approximate surface area is 119 Å². The molecule has 2 aromatic rings. The number of hydrogen-bond acceptors (Lipinski definition) is 4. The van der Waals surface area contributed by atoms with Crippen molar-refractivity contribution in [3.8, 4) is 0 Å². The summed E-state index contributed by atoms with van der Waals surface area (Å²) in [6.07, 6.45) is 3.92.